The van der Waals surface area contributed by atoms with Crippen LogP contribution in [0.1, 0.15) is 38.2 Å². The third kappa shape index (κ3) is 3.14. The monoisotopic (exact) mass is 256 g/mol. The molecule has 1 aliphatic rings. The highest BCUT2D eigenvalue weighted by Gasteiger charge is 2.37. The predicted molar refractivity (Wildman–Crippen MR) is 74.3 cm³/mol. The third-order valence-corrected chi connectivity index (χ3v) is 4.13. The van der Waals surface area contributed by atoms with E-state index in [4.69, 9.17) is 0 Å². The van der Waals surface area contributed by atoms with E-state index in [1.54, 1.807) is 0 Å². The molecule has 1 aromatic rings. The molecule has 1 atom stereocenters. The first kappa shape index (κ1) is 13.6. The number of benzene rings is 1. The van der Waals surface area contributed by atoms with E-state index in [1.165, 1.54) is 6.42 Å². The van der Waals surface area contributed by atoms with Gasteiger partial charge in [0.2, 0.25) is 5.91 Å². The van der Waals surface area contributed by atoms with Crippen molar-refractivity contribution in [3.05, 3.63) is 35.9 Å². The highest BCUT2D eigenvalue weighted by atomic mass is 16.2. The Hall–Kier alpha value is -1.82. The maximum atomic E-state index is 12.2. The van der Waals surface area contributed by atoms with E-state index in [0.717, 1.165) is 24.8 Å². The molecule has 1 saturated carbocycles. The fraction of sp³-hybridized carbons (Fsp3) is 0.500. The molecule has 1 amide bonds. The first-order valence-corrected chi connectivity index (χ1v) is 6.95. The van der Waals surface area contributed by atoms with Crippen LogP contribution >= 0.6 is 0 Å². The molecule has 1 aromatic carbocycles. The molecule has 0 radical (unpaired) electrons. The van der Waals surface area contributed by atoms with Gasteiger partial charge in [-0.25, -0.2) is 0 Å². The van der Waals surface area contributed by atoms with Gasteiger partial charge in [-0.1, -0.05) is 37.3 Å². The van der Waals surface area contributed by atoms with Crippen molar-refractivity contribution in [1.29, 1.82) is 5.26 Å². The van der Waals surface area contributed by atoms with Crippen molar-refractivity contribution in [1.82, 2.24) is 5.32 Å². The van der Waals surface area contributed by atoms with Crippen molar-refractivity contribution in [2.45, 2.75) is 44.6 Å². The molecular formula is C16H20N2O. The van der Waals surface area contributed by atoms with Crippen LogP contribution < -0.4 is 5.32 Å². The molecule has 3 heteroatoms. The summed E-state index contributed by atoms with van der Waals surface area (Å²) in [6.07, 6.45) is 4.69. The molecule has 1 unspecified atom stereocenters. The van der Waals surface area contributed by atoms with Crippen molar-refractivity contribution in [2.24, 2.45) is 5.92 Å². The van der Waals surface area contributed by atoms with Gasteiger partial charge in [-0.15, -0.1) is 0 Å². The Morgan fingerprint density at radius 1 is 1.42 bits per heavy atom. The summed E-state index contributed by atoms with van der Waals surface area (Å²) in [7, 11) is 0. The number of carbonyl (C=O) groups excluding carboxylic acids is 1. The molecule has 0 bridgehead atoms. The Kier molecular flexibility index (Phi) is 4.21. The van der Waals surface area contributed by atoms with Crippen molar-refractivity contribution in [3.8, 4) is 6.07 Å². The van der Waals surface area contributed by atoms with Crippen LogP contribution in [-0.4, -0.2) is 11.4 Å². The van der Waals surface area contributed by atoms with Gasteiger partial charge in [0.1, 0.15) is 5.92 Å². The van der Waals surface area contributed by atoms with Crippen LogP contribution in [0.5, 0.6) is 0 Å². The molecule has 3 nitrogen and oxygen atoms in total. The molecule has 0 aromatic heterocycles. The zero-order valence-electron chi connectivity index (χ0n) is 11.4. The standard InChI is InChI=1S/C16H20N2O/c1-2-16(9-6-10-16)18-15(19)14(12-17)11-13-7-4-3-5-8-13/h3-5,7-8,14H,2,6,9-11H2,1H3,(H,18,19). The average Bonchev–Trinajstić information content (AvgIpc) is 2.41. The summed E-state index contributed by atoms with van der Waals surface area (Å²) in [6, 6.07) is 11.8. The Morgan fingerprint density at radius 2 is 2.11 bits per heavy atom. The second kappa shape index (κ2) is 5.88. The van der Waals surface area contributed by atoms with E-state index >= 15 is 0 Å². The lowest BCUT2D eigenvalue weighted by Gasteiger charge is -2.42. The van der Waals surface area contributed by atoms with Crippen LogP contribution in [0.3, 0.4) is 0 Å². The van der Waals surface area contributed by atoms with Crippen LogP contribution in [0.2, 0.25) is 0 Å². The van der Waals surface area contributed by atoms with E-state index in [0.29, 0.717) is 6.42 Å². The number of nitrogens with one attached hydrogen (secondary N) is 1. The van der Waals surface area contributed by atoms with E-state index in [1.807, 2.05) is 30.3 Å². The van der Waals surface area contributed by atoms with Crippen LogP contribution in [0, 0.1) is 17.2 Å². The lowest BCUT2D eigenvalue weighted by Crippen LogP contribution is -2.54. The lowest BCUT2D eigenvalue weighted by molar-refractivity contribution is -0.126. The minimum atomic E-state index is -0.591. The van der Waals surface area contributed by atoms with E-state index in [-0.39, 0.29) is 11.4 Å². The van der Waals surface area contributed by atoms with Crippen molar-refractivity contribution in [2.75, 3.05) is 0 Å². The number of hydrogen-bond acceptors (Lipinski definition) is 2. The Morgan fingerprint density at radius 3 is 2.58 bits per heavy atom. The number of nitriles is 1. The SMILES string of the molecule is CCC1(NC(=O)C(C#N)Cc2ccccc2)CCC1. The topological polar surface area (TPSA) is 52.9 Å². The zero-order valence-corrected chi connectivity index (χ0v) is 11.4. The number of nitrogens with zero attached hydrogens (tertiary/aromatic N) is 1. The van der Waals surface area contributed by atoms with Gasteiger partial charge >= 0.3 is 0 Å². The summed E-state index contributed by atoms with van der Waals surface area (Å²) in [4.78, 5) is 12.2. The van der Waals surface area contributed by atoms with Crippen molar-refractivity contribution < 1.29 is 4.79 Å². The highest BCUT2D eigenvalue weighted by Crippen LogP contribution is 2.34. The Balaban J connectivity index is 1.98. The molecule has 2 rings (SSSR count). The largest absolute Gasteiger partial charge is 0.350 e. The maximum absolute atomic E-state index is 12.2. The van der Waals surface area contributed by atoms with Crippen LogP contribution in [-0.2, 0) is 11.2 Å². The summed E-state index contributed by atoms with van der Waals surface area (Å²) < 4.78 is 0. The fourth-order valence-corrected chi connectivity index (χ4v) is 2.57. The van der Waals surface area contributed by atoms with Gasteiger partial charge in [0.25, 0.3) is 0 Å². The first-order valence-electron chi connectivity index (χ1n) is 6.95. The summed E-state index contributed by atoms with van der Waals surface area (Å²) in [5.74, 6) is -0.709. The molecule has 0 spiro atoms. The molecule has 1 N–H and O–H groups in total. The smallest absolute Gasteiger partial charge is 0.238 e. The van der Waals surface area contributed by atoms with Gasteiger partial charge < -0.3 is 5.32 Å². The summed E-state index contributed by atoms with van der Waals surface area (Å²) >= 11 is 0. The minimum Gasteiger partial charge on any atom is -0.350 e. The molecule has 19 heavy (non-hydrogen) atoms. The van der Waals surface area contributed by atoms with Gasteiger partial charge in [0.15, 0.2) is 0 Å². The minimum absolute atomic E-state index is 0.0388. The number of rotatable bonds is 5. The van der Waals surface area contributed by atoms with Crippen LogP contribution in [0.25, 0.3) is 0 Å². The Labute approximate surface area is 114 Å². The van der Waals surface area contributed by atoms with Gasteiger partial charge in [-0.3, -0.25) is 4.79 Å². The number of hydrogen-bond donors (Lipinski definition) is 1. The second-order valence-corrected chi connectivity index (χ2v) is 5.35. The zero-order chi connectivity index (χ0) is 13.7. The quantitative estimate of drug-likeness (QED) is 0.880. The third-order valence-electron chi connectivity index (χ3n) is 4.13. The maximum Gasteiger partial charge on any atom is 0.238 e. The van der Waals surface area contributed by atoms with Crippen molar-refractivity contribution >= 4 is 5.91 Å². The summed E-state index contributed by atoms with van der Waals surface area (Å²) in [5, 5.41) is 12.3. The van der Waals surface area contributed by atoms with Gasteiger partial charge in [-0.2, -0.15) is 5.26 Å². The molecule has 100 valence electrons. The number of carbonyl (C=O) groups is 1. The molecule has 0 aliphatic heterocycles. The number of amides is 1. The molecule has 1 aliphatic carbocycles. The molecule has 1 fully saturated rings. The lowest BCUT2D eigenvalue weighted by atomic mass is 9.74. The molecular weight excluding hydrogens is 236 g/mol. The normalized spacial score (nSPS) is 17.9. The second-order valence-electron chi connectivity index (χ2n) is 5.35. The van der Waals surface area contributed by atoms with E-state index < -0.39 is 5.92 Å². The Bertz CT molecular complexity index is 466. The molecule has 0 saturated heterocycles. The fourth-order valence-electron chi connectivity index (χ4n) is 2.57. The van der Waals surface area contributed by atoms with E-state index in [2.05, 4.69) is 18.3 Å². The first-order chi connectivity index (χ1) is 9.19. The van der Waals surface area contributed by atoms with Gasteiger partial charge in [0.05, 0.1) is 6.07 Å². The summed E-state index contributed by atoms with van der Waals surface area (Å²) in [5.41, 5.74) is 0.992. The van der Waals surface area contributed by atoms with Gasteiger partial charge in [-0.05, 0) is 37.7 Å². The average molecular weight is 256 g/mol. The molecule has 0 heterocycles. The summed E-state index contributed by atoms with van der Waals surface area (Å²) in [6.45, 7) is 2.10. The van der Waals surface area contributed by atoms with Crippen LogP contribution in [0.4, 0.5) is 0 Å². The van der Waals surface area contributed by atoms with Crippen molar-refractivity contribution in [3.63, 3.8) is 0 Å². The van der Waals surface area contributed by atoms with Crippen LogP contribution in [0.15, 0.2) is 30.3 Å². The highest BCUT2D eigenvalue weighted by molar-refractivity contribution is 5.82. The predicted octanol–water partition coefficient (Wildman–Crippen LogP) is 2.82. The van der Waals surface area contributed by atoms with Gasteiger partial charge in [0, 0.05) is 5.54 Å². The van der Waals surface area contributed by atoms with E-state index in [9.17, 15) is 10.1 Å².